The van der Waals surface area contributed by atoms with Gasteiger partial charge in [-0.3, -0.25) is 9.78 Å². The molecule has 0 radical (unpaired) electrons. The molecular formula is C20H26N4O3S. The number of pyridine rings is 1. The van der Waals surface area contributed by atoms with Gasteiger partial charge in [-0.25, -0.2) is 13.1 Å². The topological polar surface area (TPSA) is 91.4 Å². The molecule has 0 aliphatic carbocycles. The van der Waals surface area contributed by atoms with Crippen LogP contribution in [0.2, 0.25) is 0 Å². The molecule has 7 nitrogen and oxygen atoms in total. The fraction of sp³-hybridized carbons (Fsp3) is 0.400. The largest absolute Gasteiger partial charge is 0.351 e. The standard InChI is InChI=1S/C20H26N4O3S/c25-20(22-10-13-24-11-2-1-3-12-24)18-7-4-8-19(14-18)28(26,27)23-16-17-6-5-9-21-15-17/h4-9,14-15,23H,1-3,10-13,16H2,(H,22,25). The van der Waals surface area contributed by atoms with Crippen molar-refractivity contribution in [1.82, 2.24) is 19.9 Å². The molecule has 150 valence electrons. The summed E-state index contributed by atoms with van der Waals surface area (Å²) in [4.78, 5) is 18.8. The molecule has 28 heavy (non-hydrogen) atoms. The average molecular weight is 403 g/mol. The van der Waals surface area contributed by atoms with Crippen molar-refractivity contribution >= 4 is 15.9 Å². The molecule has 1 aliphatic rings. The number of nitrogens with one attached hydrogen (secondary N) is 2. The van der Waals surface area contributed by atoms with Gasteiger partial charge in [0, 0.05) is 37.6 Å². The van der Waals surface area contributed by atoms with Crippen molar-refractivity contribution in [3.05, 3.63) is 59.9 Å². The van der Waals surface area contributed by atoms with E-state index < -0.39 is 10.0 Å². The average Bonchev–Trinajstić information content (AvgIpc) is 2.74. The lowest BCUT2D eigenvalue weighted by Gasteiger charge is -2.26. The van der Waals surface area contributed by atoms with Crippen LogP contribution in [0.1, 0.15) is 35.2 Å². The van der Waals surface area contributed by atoms with Crippen LogP contribution in [0, 0.1) is 0 Å². The Morgan fingerprint density at radius 2 is 1.93 bits per heavy atom. The molecule has 1 amide bonds. The van der Waals surface area contributed by atoms with Gasteiger partial charge in [-0.1, -0.05) is 18.6 Å². The molecule has 1 aromatic heterocycles. The van der Waals surface area contributed by atoms with E-state index in [2.05, 4.69) is 19.9 Å². The smallest absolute Gasteiger partial charge is 0.251 e. The molecule has 1 fully saturated rings. The predicted octanol–water partition coefficient (Wildman–Crippen LogP) is 1.78. The van der Waals surface area contributed by atoms with Gasteiger partial charge in [-0.2, -0.15) is 0 Å². The minimum Gasteiger partial charge on any atom is -0.351 e. The maximum atomic E-state index is 12.5. The van der Waals surface area contributed by atoms with E-state index in [-0.39, 0.29) is 17.3 Å². The first kappa shape index (κ1) is 20.4. The summed E-state index contributed by atoms with van der Waals surface area (Å²) in [5.74, 6) is -0.263. The third-order valence-electron chi connectivity index (χ3n) is 4.76. The molecule has 0 spiro atoms. The van der Waals surface area contributed by atoms with Crippen LogP contribution in [0.15, 0.2) is 53.7 Å². The van der Waals surface area contributed by atoms with Crippen LogP contribution in [0.5, 0.6) is 0 Å². The van der Waals surface area contributed by atoms with Gasteiger partial charge in [0.25, 0.3) is 5.91 Å². The van der Waals surface area contributed by atoms with Crippen molar-refractivity contribution in [3.8, 4) is 0 Å². The zero-order chi connectivity index (χ0) is 19.8. The number of aromatic nitrogens is 1. The summed E-state index contributed by atoms with van der Waals surface area (Å²) in [6, 6.07) is 9.63. The molecule has 1 saturated heterocycles. The second kappa shape index (κ2) is 9.77. The Balaban J connectivity index is 1.56. The number of carbonyl (C=O) groups is 1. The maximum Gasteiger partial charge on any atom is 0.251 e. The van der Waals surface area contributed by atoms with E-state index in [0.29, 0.717) is 12.1 Å². The third kappa shape index (κ3) is 5.85. The Morgan fingerprint density at radius 1 is 1.11 bits per heavy atom. The van der Waals surface area contributed by atoms with Crippen molar-refractivity contribution in [3.63, 3.8) is 0 Å². The lowest BCUT2D eigenvalue weighted by Crippen LogP contribution is -2.37. The lowest BCUT2D eigenvalue weighted by molar-refractivity contribution is 0.0946. The van der Waals surface area contributed by atoms with Crippen molar-refractivity contribution in [1.29, 1.82) is 0 Å². The number of carbonyl (C=O) groups excluding carboxylic acids is 1. The molecule has 3 rings (SSSR count). The van der Waals surface area contributed by atoms with Gasteiger partial charge in [0.05, 0.1) is 4.90 Å². The van der Waals surface area contributed by atoms with Gasteiger partial charge in [-0.15, -0.1) is 0 Å². The maximum absolute atomic E-state index is 12.5. The number of rotatable bonds is 8. The molecule has 8 heteroatoms. The number of piperidine rings is 1. The van der Waals surface area contributed by atoms with E-state index in [1.807, 2.05) is 0 Å². The first-order valence-corrected chi connectivity index (χ1v) is 11.0. The highest BCUT2D eigenvalue weighted by atomic mass is 32.2. The van der Waals surface area contributed by atoms with Gasteiger partial charge in [0.15, 0.2) is 0 Å². The Kier molecular flexibility index (Phi) is 7.13. The Labute approximate surface area is 166 Å². The number of amides is 1. The Bertz CT molecular complexity index is 881. The molecule has 1 aromatic carbocycles. The molecule has 0 atom stereocenters. The first-order chi connectivity index (χ1) is 13.5. The summed E-state index contributed by atoms with van der Waals surface area (Å²) in [6.45, 7) is 3.66. The van der Waals surface area contributed by atoms with Gasteiger partial charge in [0.2, 0.25) is 10.0 Å². The zero-order valence-electron chi connectivity index (χ0n) is 15.8. The molecule has 0 saturated carbocycles. The monoisotopic (exact) mass is 402 g/mol. The molecule has 0 unspecified atom stereocenters. The zero-order valence-corrected chi connectivity index (χ0v) is 16.6. The van der Waals surface area contributed by atoms with Crippen LogP contribution in [0.25, 0.3) is 0 Å². The summed E-state index contributed by atoms with van der Waals surface area (Å²) < 4.78 is 27.6. The van der Waals surface area contributed by atoms with Crippen molar-refractivity contribution in [2.75, 3.05) is 26.2 Å². The van der Waals surface area contributed by atoms with Crippen molar-refractivity contribution < 1.29 is 13.2 Å². The predicted molar refractivity (Wildman–Crippen MR) is 107 cm³/mol. The van der Waals surface area contributed by atoms with E-state index in [0.717, 1.165) is 25.2 Å². The van der Waals surface area contributed by atoms with Crippen molar-refractivity contribution in [2.24, 2.45) is 0 Å². The van der Waals surface area contributed by atoms with Crippen LogP contribution in [0.3, 0.4) is 0 Å². The molecule has 2 heterocycles. The van der Waals surface area contributed by atoms with E-state index in [1.54, 1.807) is 36.7 Å². The quantitative estimate of drug-likeness (QED) is 0.702. The lowest BCUT2D eigenvalue weighted by atomic mass is 10.1. The van der Waals surface area contributed by atoms with E-state index >= 15 is 0 Å². The minimum absolute atomic E-state index is 0.0695. The molecule has 1 aliphatic heterocycles. The van der Waals surface area contributed by atoms with Crippen LogP contribution in [0.4, 0.5) is 0 Å². The highest BCUT2D eigenvalue weighted by Crippen LogP contribution is 2.12. The van der Waals surface area contributed by atoms with Gasteiger partial charge < -0.3 is 10.2 Å². The number of benzene rings is 1. The van der Waals surface area contributed by atoms with E-state index in [1.165, 1.54) is 31.4 Å². The Hall–Kier alpha value is -2.29. The van der Waals surface area contributed by atoms with Crippen LogP contribution in [-0.2, 0) is 16.6 Å². The number of nitrogens with zero attached hydrogens (tertiary/aromatic N) is 2. The minimum atomic E-state index is -3.72. The number of hydrogen-bond donors (Lipinski definition) is 2. The van der Waals surface area contributed by atoms with Gasteiger partial charge in [0.1, 0.15) is 0 Å². The van der Waals surface area contributed by atoms with Crippen molar-refractivity contribution in [2.45, 2.75) is 30.7 Å². The summed E-state index contributed by atoms with van der Waals surface area (Å²) in [5.41, 5.74) is 1.10. The van der Waals surface area contributed by atoms with Crippen LogP contribution >= 0.6 is 0 Å². The van der Waals surface area contributed by atoms with Gasteiger partial charge in [-0.05, 0) is 55.8 Å². The SMILES string of the molecule is O=C(NCCN1CCCCC1)c1cccc(S(=O)(=O)NCc2cccnc2)c1. The summed E-state index contributed by atoms with van der Waals surface area (Å²) in [7, 11) is -3.72. The fourth-order valence-electron chi connectivity index (χ4n) is 3.18. The molecule has 2 aromatic rings. The fourth-order valence-corrected chi connectivity index (χ4v) is 4.24. The second-order valence-electron chi connectivity index (χ2n) is 6.87. The molecule has 0 bridgehead atoms. The second-order valence-corrected chi connectivity index (χ2v) is 8.64. The molecular weight excluding hydrogens is 376 g/mol. The van der Waals surface area contributed by atoms with E-state index in [4.69, 9.17) is 0 Å². The van der Waals surface area contributed by atoms with Gasteiger partial charge >= 0.3 is 0 Å². The number of sulfonamides is 1. The highest BCUT2D eigenvalue weighted by Gasteiger charge is 2.16. The van der Waals surface area contributed by atoms with Crippen LogP contribution in [-0.4, -0.2) is 50.4 Å². The summed E-state index contributed by atoms with van der Waals surface area (Å²) in [6.07, 6.45) is 6.93. The van der Waals surface area contributed by atoms with E-state index in [9.17, 15) is 13.2 Å². The normalized spacial score (nSPS) is 15.3. The highest BCUT2D eigenvalue weighted by molar-refractivity contribution is 7.89. The number of hydrogen-bond acceptors (Lipinski definition) is 5. The number of likely N-dealkylation sites (tertiary alicyclic amines) is 1. The molecule has 2 N–H and O–H groups in total. The first-order valence-electron chi connectivity index (χ1n) is 9.54. The third-order valence-corrected chi connectivity index (χ3v) is 6.16. The summed E-state index contributed by atoms with van der Waals surface area (Å²) in [5, 5.41) is 2.88. The Morgan fingerprint density at radius 3 is 2.68 bits per heavy atom. The van der Waals surface area contributed by atoms with Crippen LogP contribution < -0.4 is 10.0 Å². The summed E-state index contributed by atoms with van der Waals surface area (Å²) >= 11 is 0.